The Kier molecular flexibility index (Phi) is 7.02. The molecule has 2 fully saturated rings. The van der Waals surface area contributed by atoms with Crippen molar-refractivity contribution in [3.63, 3.8) is 0 Å². The molecule has 0 radical (unpaired) electrons. The second-order valence-electron chi connectivity index (χ2n) is 9.26. The lowest BCUT2D eigenvalue weighted by molar-refractivity contribution is 0.158. The Labute approximate surface area is 156 Å². The molecule has 2 aliphatic carbocycles. The molecule has 0 heterocycles. The molecule has 1 aromatic rings. The van der Waals surface area contributed by atoms with Crippen LogP contribution in [0, 0.1) is 23.7 Å². The Morgan fingerprint density at radius 3 is 1.88 bits per heavy atom. The van der Waals surface area contributed by atoms with E-state index in [0.717, 1.165) is 29.6 Å². The summed E-state index contributed by atoms with van der Waals surface area (Å²) in [5.41, 5.74) is 3.14. The van der Waals surface area contributed by atoms with E-state index in [1.807, 2.05) is 0 Å². The number of benzene rings is 1. The van der Waals surface area contributed by atoms with Crippen molar-refractivity contribution in [2.24, 2.45) is 23.7 Å². The van der Waals surface area contributed by atoms with E-state index in [0.29, 0.717) is 0 Å². The molecule has 0 saturated heterocycles. The molecule has 1 unspecified atom stereocenters. The van der Waals surface area contributed by atoms with Crippen LogP contribution in [-0.4, -0.2) is 0 Å². The van der Waals surface area contributed by atoms with Gasteiger partial charge in [0.1, 0.15) is 0 Å². The molecule has 0 aliphatic heterocycles. The third-order valence-corrected chi connectivity index (χ3v) is 7.64. The highest BCUT2D eigenvalue weighted by Gasteiger charge is 2.30. The second kappa shape index (κ2) is 9.24. The van der Waals surface area contributed by atoms with Gasteiger partial charge in [-0.2, -0.15) is 0 Å². The van der Waals surface area contributed by atoms with E-state index < -0.39 is 0 Å². The predicted octanol–water partition coefficient (Wildman–Crippen LogP) is 7.77. The van der Waals surface area contributed by atoms with Crippen LogP contribution in [-0.2, 0) is 6.42 Å². The van der Waals surface area contributed by atoms with Crippen LogP contribution in [0.4, 0.5) is 0 Å². The SMILES string of the molecule is CCC(C)Cc1ccc(C2CCC(C3CCC(CC)CC3)CC2)cc1. The molecule has 140 valence electrons. The molecule has 0 aromatic heterocycles. The van der Waals surface area contributed by atoms with Crippen molar-refractivity contribution in [3.8, 4) is 0 Å². The molecule has 0 nitrogen and oxygen atoms in total. The highest BCUT2D eigenvalue weighted by molar-refractivity contribution is 5.26. The van der Waals surface area contributed by atoms with Gasteiger partial charge in [-0.3, -0.25) is 0 Å². The van der Waals surface area contributed by atoms with Gasteiger partial charge < -0.3 is 0 Å². The molecule has 3 rings (SSSR count). The van der Waals surface area contributed by atoms with Crippen molar-refractivity contribution in [1.29, 1.82) is 0 Å². The van der Waals surface area contributed by atoms with Gasteiger partial charge >= 0.3 is 0 Å². The fourth-order valence-corrected chi connectivity index (χ4v) is 5.46. The fraction of sp³-hybridized carbons (Fsp3) is 0.760. The van der Waals surface area contributed by atoms with Crippen LogP contribution >= 0.6 is 0 Å². The van der Waals surface area contributed by atoms with Crippen molar-refractivity contribution >= 4 is 0 Å². The summed E-state index contributed by atoms with van der Waals surface area (Å²) < 4.78 is 0. The summed E-state index contributed by atoms with van der Waals surface area (Å²) in [5.74, 6) is 4.78. The minimum Gasteiger partial charge on any atom is -0.0651 e. The zero-order valence-corrected chi connectivity index (χ0v) is 17.0. The van der Waals surface area contributed by atoms with Crippen molar-refractivity contribution in [2.45, 2.75) is 97.3 Å². The first-order valence-electron chi connectivity index (χ1n) is 11.3. The van der Waals surface area contributed by atoms with Gasteiger partial charge in [0.2, 0.25) is 0 Å². The maximum atomic E-state index is 2.44. The first-order chi connectivity index (χ1) is 12.2. The van der Waals surface area contributed by atoms with E-state index in [-0.39, 0.29) is 0 Å². The van der Waals surface area contributed by atoms with Crippen LogP contribution in [0.1, 0.15) is 102 Å². The molecule has 25 heavy (non-hydrogen) atoms. The molecular weight excluding hydrogens is 300 g/mol. The molecule has 0 bridgehead atoms. The Bertz CT molecular complexity index is 483. The van der Waals surface area contributed by atoms with Gasteiger partial charge in [-0.1, -0.05) is 70.7 Å². The highest BCUT2D eigenvalue weighted by atomic mass is 14.4. The summed E-state index contributed by atoms with van der Waals surface area (Å²) in [7, 11) is 0. The summed E-state index contributed by atoms with van der Waals surface area (Å²) in [6.45, 7) is 7.04. The average molecular weight is 341 g/mol. The second-order valence-corrected chi connectivity index (χ2v) is 9.26. The van der Waals surface area contributed by atoms with Crippen molar-refractivity contribution in [1.82, 2.24) is 0 Å². The normalized spacial score (nSPS) is 31.6. The van der Waals surface area contributed by atoms with Crippen LogP contribution in [0.2, 0.25) is 0 Å². The first kappa shape index (κ1) is 19.0. The summed E-state index contributed by atoms with van der Waals surface area (Å²) in [6.07, 6.45) is 15.9. The Hall–Kier alpha value is -0.780. The van der Waals surface area contributed by atoms with Gasteiger partial charge in [0.15, 0.2) is 0 Å². The van der Waals surface area contributed by atoms with E-state index >= 15 is 0 Å². The van der Waals surface area contributed by atoms with Gasteiger partial charge in [0.05, 0.1) is 0 Å². The quantitative estimate of drug-likeness (QED) is 0.496. The minimum atomic E-state index is 0.809. The topological polar surface area (TPSA) is 0 Å². The van der Waals surface area contributed by atoms with E-state index in [9.17, 15) is 0 Å². The van der Waals surface area contributed by atoms with Gasteiger partial charge in [0, 0.05) is 0 Å². The highest BCUT2D eigenvalue weighted by Crippen LogP contribution is 2.44. The molecule has 2 aliphatic rings. The van der Waals surface area contributed by atoms with Crippen molar-refractivity contribution < 1.29 is 0 Å². The first-order valence-corrected chi connectivity index (χ1v) is 11.3. The van der Waals surface area contributed by atoms with E-state index in [1.54, 1.807) is 5.56 Å². The maximum Gasteiger partial charge on any atom is -0.0162 e. The van der Waals surface area contributed by atoms with Crippen LogP contribution < -0.4 is 0 Å². The summed E-state index contributed by atoms with van der Waals surface area (Å²) >= 11 is 0. The lowest BCUT2D eigenvalue weighted by atomic mass is 9.68. The smallest absolute Gasteiger partial charge is 0.0162 e. The van der Waals surface area contributed by atoms with E-state index in [2.05, 4.69) is 45.0 Å². The van der Waals surface area contributed by atoms with Gasteiger partial charge in [-0.25, -0.2) is 0 Å². The third-order valence-electron chi connectivity index (χ3n) is 7.64. The number of hydrogen-bond acceptors (Lipinski definition) is 0. The average Bonchev–Trinajstić information content (AvgIpc) is 2.69. The Balaban J connectivity index is 1.47. The zero-order chi connectivity index (χ0) is 17.6. The summed E-state index contributed by atoms with van der Waals surface area (Å²) in [6, 6.07) is 9.68. The molecule has 0 spiro atoms. The molecule has 0 N–H and O–H groups in total. The molecule has 1 atom stereocenters. The van der Waals surface area contributed by atoms with Crippen LogP contribution in [0.3, 0.4) is 0 Å². The molecule has 1 aromatic carbocycles. The van der Waals surface area contributed by atoms with E-state index in [1.165, 1.54) is 76.2 Å². The lowest BCUT2D eigenvalue weighted by Crippen LogP contribution is -2.25. The summed E-state index contributed by atoms with van der Waals surface area (Å²) in [5, 5.41) is 0. The number of rotatable bonds is 6. The maximum absolute atomic E-state index is 2.44. The molecular formula is C25H40. The predicted molar refractivity (Wildman–Crippen MR) is 110 cm³/mol. The number of hydrogen-bond donors (Lipinski definition) is 0. The fourth-order valence-electron chi connectivity index (χ4n) is 5.46. The standard InChI is InChI=1S/C25H40/c1-4-19(3)18-21-8-12-23(13-9-21)25-16-14-24(15-17-25)22-10-6-20(5-2)7-11-22/h8-9,12-13,19-20,22,24-25H,4-7,10-11,14-18H2,1-3H3. The Morgan fingerprint density at radius 1 is 0.800 bits per heavy atom. The van der Waals surface area contributed by atoms with Crippen LogP contribution in [0.5, 0.6) is 0 Å². The lowest BCUT2D eigenvalue weighted by Gasteiger charge is -2.38. The minimum absolute atomic E-state index is 0.809. The van der Waals surface area contributed by atoms with Crippen LogP contribution in [0.15, 0.2) is 24.3 Å². The molecule has 0 amide bonds. The van der Waals surface area contributed by atoms with Gasteiger partial charge in [-0.05, 0) is 85.7 Å². The van der Waals surface area contributed by atoms with Crippen molar-refractivity contribution in [3.05, 3.63) is 35.4 Å². The van der Waals surface area contributed by atoms with Crippen LogP contribution in [0.25, 0.3) is 0 Å². The third kappa shape index (κ3) is 5.11. The largest absolute Gasteiger partial charge is 0.0651 e. The van der Waals surface area contributed by atoms with E-state index in [4.69, 9.17) is 0 Å². The molecule has 0 heteroatoms. The summed E-state index contributed by atoms with van der Waals surface area (Å²) in [4.78, 5) is 0. The monoisotopic (exact) mass is 340 g/mol. The van der Waals surface area contributed by atoms with Gasteiger partial charge in [-0.15, -0.1) is 0 Å². The van der Waals surface area contributed by atoms with Gasteiger partial charge in [0.25, 0.3) is 0 Å². The van der Waals surface area contributed by atoms with Crippen molar-refractivity contribution in [2.75, 3.05) is 0 Å². The molecule has 2 saturated carbocycles. The Morgan fingerprint density at radius 2 is 1.36 bits per heavy atom. The zero-order valence-electron chi connectivity index (χ0n) is 17.0.